The van der Waals surface area contributed by atoms with Crippen LogP contribution in [0.15, 0.2) is 0 Å². The molecule has 1 heterocycles. The predicted octanol–water partition coefficient (Wildman–Crippen LogP) is 0.761. The zero-order valence-electron chi connectivity index (χ0n) is 4.09. The fourth-order valence-corrected chi connectivity index (χ4v) is 0.386. The van der Waals surface area contributed by atoms with Gasteiger partial charge in [0.15, 0.2) is 0 Å². The van der Waals surface area contributed by atoms with Crippen molar-refractivity contribution in [3.05, 3.63) is 0 Å². The first-order valence-electron chi connectivity index (χ1n) is 2.23. The molecule has 0 N–H and O–H groups in total. The molecular weight excluding hydrogens is 131 g/mol. The number of carbonyl (C=O) groups excluding carboxylic acids is 1. The zero-order valence-corrected chi connectivity index (χ0v) is 4.85. The minimum atomic E-state index is -0.763. The molecule has 46 valence electrons. The molecule has 1 aliphatic heterocycles. The summed E-state index contributed by atoms with van der Waals surface area (Å²) in [4.78, 5) is 9.86. The van der Waals surface area contributed by atoms with Crippen LogP contribution in [0, 0.1) is 0 Å². The van der Waals surface area contributed by atoms with Gasteiger partial charge in [0.05, 0.1) is 6.61 Å². The minimum Gasteiger partial charge on any atom is -0.451 e. The summed E-state index contributed by atoms with van der Waals surface area (Å²) in [7, 11) is 0. The molecule has 0 aliphatic carbocycles. The average Bonchev–Trinajstić information content (AvgIpc) is 2.41. The van der Waals surface area contributed by atoms with Crippen molar-refractivity contribution in [3.63, 3.8) is 0 Å². The lowest BCUT2D eigenvalue weighted by atomic mass is 10.5. The summed E-state index contributed by atoms with van der Waals surface area (Å²) in [6.45, 7) is 0.979. The van der Waals surface area contributed by atoms with E-state index in [-0.39, 0.29) is 6.10 Å². The van der Waals surface area contributed by atoms with Crippen molar-refractivity contribution in [2.45, 2.75) is 6.10 Å². The Balaban J connectivity index is 1.95. The summed E-state index contributed by atoms with van der Waals surface area (Å²) in [5.74, 6) is 0. The van der Waals surface area contributed by atoms with Crippen molar-refractivity contribution in [1.29, 1.82) is 0 Å². The number of halogens is 1. The van der Waals surface area contributed by atoms with Crippen LogP contribution in [0.25, 0.3) is 0 Å². The molecular formula is C4H5ClO3. The maximum Gasteiger partial charge on any atom is 0.403 e. The van der Waals surface area contributed by atoms with Crippen LogP contribution in [0.3, 0.4) is 0 Å². The van der Waals surface area contributed by atoms with E-state index in [0.29, 0.717) is 13.2 Å². The number of epoxide rings is 1. The Hall–Kier alpha value is -0.280. The molecule has 1 atom stereocenters. The maximum absolute atomic E-state index is 9.86. The Kier molecular flexibility index (Phi) is 1.70. The molecule has 0 bridgehead atoms. The molecule has 1 aliphatic rings. The Morgan fingerprint density at radius 3 is 3.00 bits per heavy atom. The van der Waals surface area contributed by atoms with Gasteiger partial charge in [-0.05, 0) is 0 Å². The van der Waals surface area contributed by atoms with E-state index in [9.17, 15) is 4.79 Å². The average molecular weight is 137 g/mol. The molecule has 0 saturated carbocycles. The van der Waals surface area contributed by atoms with E-state index in [1.807, 2.05) is 0 Å². The van der Waals surface area contributed by atoms with Crippen LogP contribution in [-0.4, -0.2) is 24.7 Å². The highest BCUT2D eigenvalue weighted by molar-refractivity contribution is 6.61. The van der Waals surface area contributed by atoms with Crippen molar-refractivity contribution in [3.8, 4) is 0 Å². The molecule has 1 unspecified atom stereocenters. The molecule has 8 heavy (non-hydrogen) atoms. The van der Waals surface area contributed by atoms with Crippen LogP contribution >= 0.6 is 11.6 Å². The summed E-state index contributed by atoms with van der Waals surface area (Å²) in [6.07, 6.45) is 0.109. The van der Waals surface area contributed by atoms with Gasteiger partial charge in [-0.15, -0.1) is 0 Å². The summed E-state index contributed by atoms with van der Waals surface area (Å²) >= 11 is 4.83. The van der Waals surface area contributed by atoms with Gasteiger partial charge in [-0.3, -0.25) is 0 Å². The molecule has 0 amide bonds. The number of hydrogen-bond acceptors (Lipinski definition) is 3. The summed E-state index contributed by atoms with van der Waals surface area (Å²) in [6, 6.07) is 0. The van der Waals surface area contributed by atoms with Gasteiger partial charge in [0.25, 0.3) is 0 Å². The second kappa shape index (κ2) is 2.33. The Labute approximate surface area is 51.5 Å². The monoisotopic (exact) mass is 136 g/mol. The molecule has 0 radical (unpaired) electrons. The third-order valence-corrected chi connectivity index (χ3v) is 0.894. The molecule has 4 heteroatoms. The lowest BCUT2D eigenvalue weighted by Crippen LogP contribution is -2.02. The molecule has 0 spiro atoms. The first-order chi connectivity index (χ1) is 3.79. The second-order valence-corrected chi connectivity index (χ2v) is 1.81. The molecule has 0 aromatic heterocycles. The van der Waals surface area contributed by atoms with Gasteiger partial charge >= 0.3 is 5.43 Å². The van der Waals surface area contributed by atoms with Gasteiger partial charge in [0.2, 0.25) is 0 Å². The Morgan fingerprint density at radius 1 is 2.00 bits per heavy atom. The van der Waals surface area contributed by atoms with E-state index in [2.05, 4.69) is 4.74 Å². The van der Waals surface area contributed by atoms with Gasteiger partial charge < -0.3 is 9.47 Å². The minimum absolute atomic E-state index is 0.109. The molecule has 1 saturated heterocycles. The van der Waals surface area contributed by atoms with Gasteiger partial charge in [-0.2, -0.15) is 0 Å². The molecule has 1 rings (SSSR count). The summed E-state index contributed by atoms with van der Waals surface area (Å²) in [5.41, 5.74) is -0.763. The van der Waals surface area contributed by atoms with E-state index in [0.717, 1.165) is 0 Å². The fourth-order valence-electron chi connectivity index (χ4n) is 0.323. The van der Waals surface area contributed by atoms with E-state index in [1.54, 1.807) is 0 Å². The number of rotatable bonds is 2. The lowest BCUT2D eigenvalue weighted by Gasteiger charge is -1.91. The highest BCUT2D eigenvalue weighted by atomic mass is 35.5. The predicted molar refractivity (Wildman–Crippen MR) is 26.9 cm³/mol. The van der Waals surface area contributed by atoms with Crippen molar-refractivity contribution in [2.75, 3.05) is 13.2 Å². The zero-order chi connectivity index (χ0) is 5.98. The van der Waals surface area contributed by atoms with Crippen LogP contribution in [0.4, 0.5) is 4.79 Å². The molecule has 3 nitrogen and oxygen atoms in total. The van der Waals surface area contributed by atoms with Crippen molar-refractivity contribution < 1.29 is 14.3 Å². The molecule has 0 aromatic rings. The second-order valence-electron chi connectivity index (χ2n) is 1.50. The van der Waals surface area contributed by atoms with E-state index >= 15 is 0 Å². The van der Waals surface area contributed by atoms with Crippen LogP contribution < -0.4 is 0 Å². The van der Waals surface area contributed by atoms with Crippen molar-refractivity contribution in [1.82, 2.24) is 0 Å². The third-order valence-electron chi connectivity index (χ3n) is 0.785. The quantitative estimate of drug-likeness (QED) is 0.416. The highest BCUT2D eigenvalue weighted by Gasteiger charge is 2.23. The smallest absolute Gasteiger partial charge is 0.403 e. The van der Waals surface area contributed by atoms with Crippen LogP contribution in [0.5, 0.6) is 0 Å². The van der Waals surface area contributed by atoms with Crippen LogP contribution in [-0.2, 0) is 9.47 Å². The molecule has 0 aromatic carbocycles. The number of carbonyl (C=O) groups is 1. The van der Waals surface area contributed by atoms with E-state index < -0.39 is 5.43 Å². The summed E-state index contributed by atoms with van der Waals surface area (Å²) in [5, 5.41) is 0. The Bertz CT molecular complexity index is 99.5. The van der Waals surface area contributed by atoms with Gasteiger partial charge in [-0.25, -0.2) is 4.79 Å². The van der Waals surface area contributed by atoms with Crippen molar-refractivity contribution >= 4 is 17.0 Å². The van der Waals surface area contributed by atoms with Gasteiger partial charge in [0.1, 0.15) is 12.7 Å². The largest absolute Gasteiger partial charge is 0.451 e. The number of ether oxygens (including phenoxy) is 2. The van der Waals surface area contributed by atoms with E-state index in [1.165, 1.54) is 0 Å². The fraction of sp³-hybridized carbons (Fsp3) is 0.750. The number of hydrogen-bond donors (Lipinski definition) is 0. The first kappa shape index (κ1) is 5.85. The maximum atomic E-state index is 9.86. The van der Waals surface area contributed by atoms with Crippen LogP contribution in [0.2, 0.25) is 0 Å². The van der Waals surface area contributed by atoms with Gasteiger partial charge in [-0.1, -0.05) is 0 Å². The van der Waals surface area contributed by atoms with E-state index in [4.69, 9.17) is 16.3 Å². The topological polar surface area (TPSA) is 38.8 Å². The Morgan fingerprint density at radius 2 is 2.62 bits per heavy atom. The first-order valence-corrected chi connectivity index (χ1v) is 2.60. The third kappa shape index (κ3) is 2.14. The van der Waals surface area contributed by atoms with Crippen LogP contribution in [0.1, 0.15) is 0 Å². The lowest BCUT2D eigenvalue weighted by molar-refractivity contribution is 0.161. The molecule has 1 fully saturated rings. The SMILES string of the molecule is O=C(Cl)OCC1CO1. The van der Waals surface area contributed by atoms with Crippen molar-refractivity contribution in [2.24, 2.45) is 0 Å². The van der Waals surface area contributed by atoms with Gasteiger partial charge in [0, 0.05) is 11.6 Å². The summed E-state index contributed by atoms with van der Waals surface area (Å²) < 4.78 is 9.09. The normalized spacial score (nSPS) is 24.9. The highest BCUT2D eigenvalue weighted by Crippen LogP contribution is 2.08. The standard InChI is InChI=1S/C4H5ClO3/c5-4(6)8-2-3-1-7-3/h3H,1-2H2.